The van der Waals surface area contributed by atoms with Gasteiger partial charge in [-0.25, -0.2) is 0 Å². The number of furan rings is 1. The van der Waals surface area contributed by atoms with Crippen LogP contribution in [0, 0.1) is 41.0 Å². The fourth-order valence-electron chi connectivity index (χ4n) is 4.24. The molecule has 0 atom stereocenters. The first-order valence-electron chi connectivity index (χ1n) is 10.9. The zero-order chi connectivity index (χ0) is 25.3. The molecule has 1 heterocycles. The molecule has 4 rings (SSSR count). The smallest absolute Gasteiger partial charge is 0.301 e. The summed E-state index contributed by atoms with van der Waals surface area (Å²) in [6, 6.07) is 9.05. The quantitative estimate of drug-likeness (QED) is 0.355. The van der Waals surface area contributed by atoms with Crippen molar-refractivity contribution in [3.8, 4) is 0 Å². The number of anilines is 2. The van der Waals surface area contributed by atoms with E-state index in [1.165, 1.54) is 12.1 Å². The van der Waals surface area contributed by atoms with Gasteiger partial charge >= 0.3 is 5.69 Å². The number of nitro groups is 2. The average molecular weight is 477 g/mol. The molecule has 0 radical (unpaired) electrons. The molecule has 180 valence electrons. The average Bonchev–Trinajstić information content (AvgIpc) is 3.14. The molecule has 11 heteroatoms. The van der Waals surface area contributed by atoms with Crippen LogP contribution in [0.3, 0.4) is 0 Å². The molecular weight excluding hydrogens is 454 g/mol. The number of benzene rings is 2. The number of carbonyl (C=O) groups excluding carboxylic acids is 1. The van der Waals surface area contributed by atoms with Gasteiger partial charge < -0.3 is 9.73 Å². The maximum absolute atomic E-state index is 13.0. The molecular formula is C24H23N5O6. The van der Waals surface area contributed by atoms with E-state index in [9.17, 15) is 25.0 Å². The summed E-state index contributed by atoms with van der Waals surface area (Å²) in [5.41, 5.74) is 6.47. The van der Waals surface area contributed by atoms with Crippen molar-refractivity contribution >= 4 is 34.4 Å². The predicted molar refractivity (Wildman–Crippen MR) is 130 cm³/mol. The molecule has 1 aliphatic rings. The van der Waals surface area contributed by atoms with Crippen LogP contribution >= 0.6 is 0 Å². The third-order valence-electron chi connectivity index (χ3n) is 5.71. The molecule has 0 aliphatic heterocycles. The van der Waals surface area contributed by atoms with Crippen LogP contribution in [0.15, 0.2) is 45.9 Å². The highest BCUT2D eigenvalue weighted by molar-refractivity contribution is 6.09. The van der Waals surface area contributed by atoms with Gasteiger partial charge in [0.1, 0.15) is 11.4 Å². The van der Waals surface area contributed by atoms with E-state index < -0.39 is 15.5 Å². The van der Waals surface area contributed by atoms with E-state index in [2.05, 4.69) is 15.8 Å². The number of fused-ring (bicyclic) bond motifs is 1. The summed E-state index contributed by atoms with van der Waals surface area (Å²) < 4.78 is 5.91. The minimum absolute atomic E-state index is 0.0224. The number of rotatable bonds is 6. The normalized spacial score (nSPS) is 13.9. The van der Waals surface area contributed by atoms with Gasteiger partial charge in [0.05, 0.1) is 21.6 Å². The molecule has 0 unspecified atom stereocenters. The van der Waals surface area contributed by atoms with Gasteiger partial charge in [-0.05, 0) is 62.9 Å². The zero-order valence-electron chi connectivity index (χ0n) is 19.4. The lowest BCUT2D eigenvalue weighted by Gasteiger charge is -2.13. The largest absolute Gasteiger partial charge is 0.455 e. The first-order valence-corrected chi connectivity index (χ1v) is 10.9. The topological polar surface area (TPSA) is 153 Å². The van der Waals surface area contributed by atoms with Crippen LogP contribution in [0.2, 0.25) is 0 Å². The fraction of sp³-hybridized carbons (Fsp3) is 0.250. The first kappa shape index (κ1) is 23.6. The van der Waals surface area contributed by atoms with Crippen LogP contribution in [0.4, 0.5) is 22.7 Å². The van der Waals surface area contributed by atoms with Crippen molar-refractivity contribution in [2.75, 3.05) is 10.7 Å². The number of nitrogens with zero attached hydrogens (tertiary/aromatic N) is 3. The Hall–Kier alpha value is -4.54. The molecule has 0 saturated heterocycles. The van der Waals surface area contributed by atoms with E-state index in [-0.39, 0.29) is 23.0 Å². The second kappa shape index (κ2) is 9.37. The summed E-state index contributed by atoms with van der Waals surface area (Å²) in [5.74, 6) is 0.434. The van der Waals surface area contributed by atoms with Crippen LogP contribution in [0.5, 0.6) is 0 Å². The Labute approximate surface area is 200 Å². The van der Waals surface area contributed by atoms with Gasteiger partial charge in [-0.3, -0.25) is 30.4 Å². The minimum atomic E-state index is -0.708. The van der Waals surface area contributed by atoms with Crippen molar-refractivity contribution in [2.24, 2.45) is 5.10 Å². The van der Waals surface area contributed by atoms with Crippen molar-refractivity contribution in [3.05, 3.63) is 90.4 Å². The van der Waals surface area contributed by atoms with E-state index in [4.69, 9.17) is 4.42 Å². The minimum Gasteiger partial charge on any atom is -0.455 e. The highest BCUT2D eigenvalue weighted by Crippen LogP contribution is 2.32. The number of carbonyl (C=O) groups is 1. The van der Waals surface area contributed by atoms with Gasteiger partial charge in [0.25, 0.3) is 11.6 Å². The molecule has 0 saturated carbocycles. The number of hydrogen-bond donors (Lipinski definition) is 2. The maximum Gasteiger partial charge on any atom is 0.301 e. The van der Waals surface area contributed by atoms with Crippen molar-refractivity contribution in [3.63, 3.8) is 0 Å². The second-order valence-electron chi connectivity index (χ2n) is 8.42. The number of hydrazone groups is 1. The van der Waals surface area contributed by atoms with Gasteiger partial charge in [0.15, 0.2) is 5.76 Å². The Morgan fingerprint density at radius 1 is 1.00 bits per heavy atom. The summed E-state index contributed by atoms with van der Waals surface area (Å²) >= 11 is 0. The van der Waals surface area contributed by atoms with Gasteiger partial charge in [0, 0.05) is 29.3 Å². The van der Waals surface area contributed by atoms with Crippen molar-refractivity contribution < 1.29 is 19.1 Å². The van der Waals surface area contributed by atoms with Crippen LogP contribution in [0.1, 0.15) is 51.4 Å². The SMILES string of the molecule is Cc1cc(C)cc(NC(=O)c2oc3c(c2C)/C(=N/Nc2ccc([N+](=O)[O-])cc2[N+](=O)[O-])CCC3)c1. The summed E-state index contributed by atoms with van der Waals surface area (Å²) in [5, 5.41) is 29.6. The first-order chi connectivity index (χ1) is 16.6. The van der Waals surface area contributed by atoms with Crippen LogP contribution in [0.25, 0.3) is 0 Å². The number of nitro benzene ring substituents is 2. The standard InChI is InChI=1S/C24H23N5O6/c1-13-9-14(2)11-16(10-13)25-24(30)23-15(3)22-19(5-4-6-21(22)35-23)27-26-18-8-7-17(28(31)32)12-20(18)29(33)34/h7-12,26H,4-6H2,1-3H3,(H,25,30)/b27-19+. The number of hydrogen-bond acceptors (Lipinski definition) is 8. The van der Waals surface area contributed by atoms with E-state index in [1.54, 1.807) is 6.92 Å². The van der Waals surface area contributed by atoms with E-state index in [1.807, 2.05) is 32.0 Å². The third-order valence-corrected chi connectivity index (χ3v) is 5.71. The number of non-ortho nitro benzene ring substituents is 1. The Morgan fingerprint density at radius 3 is 2.37 bits per heavy atom. The number of amides is 1. The molecule has 0 spiro atoms. The monoisotopic (exact) mass is 477 g/mol. The maximum atomic E-state index is 13.0. The molecule has 1 aliphatic carbocycles. The van der Waals surface area contributed by atoms with Gasteiger partial charge in [0.2, 0.25) is 0 Å². The van der Waals surface area contributed by atoms with E-state index >= 15 is 0 Å². The van der Waals surface area contributed by atoms with Crippen molar-refractivity contribution in [2.45, 2.75) is 40.0 Å². The van der Waals surface area contributed by atoms with Gasteiger partial charge in [-0.2, -0.15) is 5.10 Å². The Morgan fingerprint density at radius 2 is 1.71 bits per heavy atom. The molecule has 2 aromatic carbocycles. The highest BCUT2D eigenvalue weighted by atomic mass is 16.6. The number of nitrogens with one attached hydrogen (secondary N) is 2. The predicted octanol–water partition coefficient (Wildman–Crippen LogP) is 5.43. The lowest BCUT2D eigenvalue weighted by Crippen LogP contribution is -2.14. The molecule has 3 aromatic rings. The van der Waals surface area contributed by atoms with Crippen molar-refractivity contribution in [1.82, 2.24) is 0 Å². The molecule has 11 nitrogen and oxygen atoms in total. The third kappa shape index (κ3) is 4.88. The summed E-state index contributed by atoms with van der Waals surface area (Å²) in [6.45, 7) is 5.67. The van der Waals surface area contributed by atoms with Crippen molar-refractivity contribution in [1.29, 1.82) is 0 Å². The lowest BCUT2D eigenvalue weighted by atomic mass is 9.93. The van der Waals surface area contributed by atoms with Crippen LogP contribution in [-0.4, -0.2) is 21.5 Å². The Kier molecular flexibility index (Phi) is 6.32. The van der Waals surface area contributed by atoms with Crippen LogP contribution < -0.4 is 10.7 Å². The molecule has 35 heavy (non-hydrogen) atoms. The summed E-state index contributed by atoms with van der Waals surface area (Å²) in [4.78, 5) is 33.9. The zero-order valence-corrected chi connectivity index (χ0v) is 19.4. The van der Waals surface area contributed by atoms with E-state index in [0.717, 1.165) is 23.6 Å². The Balaban J connectivity index is 1.63. The molecule has 0 bridgehead atoms. The van der Waals surface area contributed by atoms with Crippen LogP contribution in [-0.2, 0) is 6.42 Å². The fourth-order valence-corrected chi connectivity index (χ4v) is 4.24. The highest BCUT2D eigenvalue weighted by Gasteiger charge is 2.28. The molecule has 1 aromatic heterocycles. The number of aryl methyl sites for hydroxylation is 3. The Bertz CT molecular complexity index is 1370. The summed E-state index contributed by atoms with van der Waals surface area (Å²) in [7, 11) is 0. The summed E-state index contributed by atoms with van der Waals surface area (Å²) in [6.07, 6.45) is 1.92. The van der Waals surface area contributed by atoms with Gasteiger partial charge in [-0.1, -0.05) is 6.07 Å². The second-order valence-corrected chi connectivity index (χ2v) is 8.42. The molecule has 2 N–H and O–H groups in total. The molecule has 0 fully saturated rings. The molecule has 1 amide bonds. The lowest BCUT2D eigenvalue weighted by molar-refractivity contribution is -0.393. The van der Waals surface area contributed by atoms with E-state index in [0.29, 0.717) is 41.1 Å². The van der Waals surface area contributed by atoms with Gasteiger partial charge in [-0.15, -0.1) is 0 Å².